The first-order chi connectivity index (χ1) is 16.8. The molecule has 7 nitrogen and oxygen atoms in total. The van der Waals surface area contributed by atoms with Gasteiger partial charge in [-0.1, -0.05) is 18.2 Å². The fourth-order valence-corrected chi connectivity index (χ4v) is 5.81. The number of benzene rings is 2. The number of rotatable bonds is 3. The first-order valence-corrected chi connectivity index (χ1v) is 11.9. The number of hydrogen-bond donors (Lipinski definition) is 1. The van der Waals surface area contributed by atoms with Crippen molar-refractivity contribution in [2.75, 3.05) is 13.1 Å². The first kappa shape index (κ1) is 21.7. The number of nitrogens with one attached hydrogen (secondary N) is 1. The molecule has 3 heterocycles. The zero-order chi connectivity index (χ0) is 24.3. The molecule has 0 bridgehead atoms. The van der Waals surface area contributed by atoms with E-state index < -0.39 is 11.9 Å². The van der Waals surface area contributed by atoms with Gasteiger partial charge < -0.3 is 9.80 Å². The van der Waals surface area contributed by atoms with Crippen LogP contribution in [0.4, 0.5) is 4.39 Å². The van der Waals surface area contributed by atoms with Gasteiger partial charge in [-0.2, -0.15) is 0 Å². The summed E-state index contributed by atoms with van der Waals surface area (Å²) >= 11 is 0. The molecule has 0 saturated carbocycles. The van der Waals surface area contributed by atoms with Crippen LogP contribution in [0.3, 0.4) is 0 Å². The van der Waals surface area contributed by atoms with Crippen molar-refractivity contribution in [1.82, 2.24) is 15.1 Å². The number of amides is 4. The molecule has 1 N–H and O–H groups in total. The molecule has 2 saturated heterocycles. The Morgan fingerprint density at radius 2 is 1.94 bits per heavy atom. The van der Waals surface area contributed by atoms with Gasteiger partial charge in [0.25, 0.3) is 11.8 Å². The number of likely N-dealkylation sites (tertiary alicyclic amines) is 1. The third kappa shape index (κ3) is 3.64. The second-order valence-corrected chi connectivity index (χ2v) is 9.97. The zero-order valence-corrected chi connectivity index (χ0v) is 19.1. The van der Waals surface area contributed by atoms with Crippen molar-refractivity contribution in [1.29, 1.82) is 0 Å². The normalized spacial score (nSPS) is 25.5. The number of allylic oxidation sites excluding steroid dienone is 1. The lowest BCUT2D eigenvalue weighted by Gasteiger charge is -2.36. The molecule has 4 aliphatic rings. The van der Waals surface area contributed by atoms with E-state index in [1.807, 2.05) is 11.0 Å². The van der Waals surface area contributed by atoms with Crippen LogP contribution in [0.25, 0.3) is 5.57 Å². The van der Waals surface area contributed by atoms with Gasteiger partial charge in [-0.25, -0.2) is 4.39 Å². The van der Waals surface area contributed by atoms with Gasteiger partial charge in [-0.15, -0.1) is 0 Å². The Bertz CT molecular complexity index is 1340. The van der Waals surface area contributed by atoms with Crippen molar-refractivity contribution in [3.05, 3.63) is 76.6 Å². The second-order valence-electron chi connectivity index (χ2n) is 9.97. The van der Waals surface area contributed by atoms with Crippen LogP contribution in [0.5, 0.6) is 0 Å². The van der Waals surface area contributed by atoms with Crippen LogP contribution >= 0.6 is 0 Å². The lowest BCUT2D eigenvalue weighted by atomic mass is 9.68. The molecule has 2 aromatic rings. The summed E-state index contributed by atoms with van der Waals surface area (Å²) < 4.78 is 13.6. The van der Waals surface area contributed by atoms with E-state index in [-0.39, 0.29) is 41.9 Å². The van der Waals surface area contributed by atoms with Crippen LogP contribution < -0.4 is 5.32 Å². The number of carbonyl (C=O) groups excluding carboxylic acids is 4. The third-order valence-corrected chi connectivity index (χ3v) is 7.66. The first-order valence-electron chi connectivity index (χ1n) is 11.9. The van der Waals surface area contributed by atoms with Gasteiger partial charge in [0, 0.05) is 42.6 Å². The third-order valence-electron chi connectivity index (χ3n) is 7.66. The van der Waals surface area contributed by atoms with Crippen LogP contribution in [-0.4, -0.2) is 52.6 Å². The van der Waals surface area contributed by atoms with E-state index in [4.69, 9.17) is 0 Å². The molecule has 8 heteroatoms. The van der Waals surface area contributed by atoms with Gasteiger partial charge >= 0.3 is 0 Å². The van der Waals surface area contributed by atoms with E-state index >= 15 is 0 Å². The predicted molar refractivity (Wildman–Crippen MR) is 124 cm³/mol. The van der Waals surface area contributed by atoms with E-state index in [9.17, 15) is 23.6 Å². The standard InChI is InChI=1S/C27H24FN3O4/c28-20-3-1-2-16(11-20)19-12-27(13-19)8-9-30(15-27)25(34)17-4-5-21-18(10-17)14-31(26(21)35)22-6-7-23(32)29-24(22)33/h1-5,10-12,22H,6-9,13-15H2,(H,29,32,33). The molecule has 2 atom stereocenters. The highest BCUT2D eigenvalue weighted by Gasteiger charge is 2.45. The SMILES string of the molecule is O=C1CCC(N2Cc3cc(C(=O)N4CCC5(C=C(c6cccc(F)c6)C5)C4)ccc3C2=O)C(=O)N1. The minimum Gasteiger partial charge on any atom is -0.338 e. The molecule has 3 aliphatic heterocycles. The minimum atomic E-state index is -0.678. The lowest BCUT2D eigenvalue weighted by Crippen LogP contribution is -2.52. The maximum Gasteiger partial charge on any atom is 0.255 e. The molecule has 35 heavy (non-hydrogen) atoms. The van der Waals surface area contributed by atoms with Crippen LogP contribution in [0.15, 0.2) is 48.5 Å². The summed E-state index contributed by atoms with van der Waals surface area (Å²) in [6.07, 6.45) is 4.36. The summed E-state index contributed by atoms with van der Waals surface area (Å²) in [5, 5.41) is 2.30. The molecule has 4 amide bonds. The summed E-state index contributed by atoms with van der Waals surface area (Å²) in [6, 6.07) is 11.0. The summed E-state index contributed by atoms with van der Waals surface area (Å²) in [7, 11) is 0. The van der Waals surface area contributed by atoms with Crippen molar-refractivity contribution < 1.29 is 23.6 Å². The molecule has 0 radical (unpaired) electrons. The average molecular weight is 474 g/mol. The summed E-state index contributed by atoms with van der Waals surface area (Å²) in [5.41, 5.74) is 3.68. The number of nitrogens with zero attached hydrogens (tertiary/aromatic N) is 2. The highest BCUT2D eigenvalue weighted by atomic mass is 19.1. The van der Waals surface area contributed by atoms with Crippen molar-refractivity contribution in [3.8, 4) is 0 Å². The van der Waals surface area contributed by atoms with Gasteiger partial charge in [0.15, 0.2) is 0 Å². The number of halogens is 1. The highest BCUT2D eigenvalue weighted by molar-refractivity contribution is 6.06. The monoisotopic (exact) mass is 473 g/mol. The maximum atomic E-state index is 13.6. The summed E-state index contributed by atoms with van der Waals surface area (Å²) in [6.45, 7) is 1.50. The Morgan fingerprint density at radius 3 is 2.71 bits per heavy atom. The second kappa shape index (κ2) is 7.86. The molecular formula is C27H24FN3O4. The minimum absolute atomic E-state index is 0.0629. The van der Waals surface area contributed by atoms with E-state index in [1.54, 1.807) is 30.3 Å². The van der Waals surface area contributed by atoms with Crippen molar-refractivity contribution in [2.24, 2.45) is 5.41 Å². The fourth-order valence-electron chi connectivity index (χ4n) is 5.81. The molecule has 6 rings (SSSR count). The van der Waals surface area contributed by atoms with Crippen LogP contribution in [0, 0.1) is 11.2 Å². The lowest BCUT2D eigenvalue weighted by molar-refractivity contribution is -0.136. The number of imide groups is 1. The highest BCUT2D eigenvalue weighted by Crippen LogP contribution is 2.50. The maximum absolute atomic E-state index is 13.6. The Balaban J connectivity index is 1.15. The van der Waals surface area contributed by atoms with Crippen molar-refractivity contribution in [3.63, 3.8) is 0 Å². The Kier molecular flexibility index (Phi) is 4.88. The van der Waals surface area contributed by atoms with E-state index in [1.165, 1.54) is 11.0 Å². The Morgan fingerprint density at radius 1 is 1.11 bits per heavy atom. The topological polar surface area (TPSA) is 86.8 Å². The molecule has 1 aliphatic carbocycles. The fraction of sp³-hybridized carbons (Fsp3) is 0.333. The summed E-state index contributed by atoms with van der Waals surface area (Å²) in [5.74, 6) is -1.36. The number of carbonyl (C=O) groups is 4. The molecule has 2 unspecified atom stereocenters. The average Bonchev–Trinajstić information content (AvgIpc) is 3.40. The number of hydrogen-bond acceptors (Lipinski definition) is 4. The van der Waals surface area contributed by atoms with Gasteiger partial charge in [0.2, 0.25) is 11.8 Å². The van der Waals surface area contributed by atoms with Gasteiger partial charge in [-0.3, -0.25) is 24.5 Å². The van der Waals surface area contributed by atoms with E-state index in [0.29, 0.717) is 30.6 Å². The quantitative estimate of drug-likeness (QED) is 0.695. The number of piperidine rings is 1. The van der Waals surface area contributed by atoms with Crippen LogP contribution in [-0.2, 0) is 16.1 Å². The van der Waals surface area contributed by atoms with Gasteiger partial charge in [-0.05, 0) is 66.3 Å². The molecular weight excluding hydrogens is 449 g/mol. The smallest absolute Gasteiger partial charge is 0.255 e. The number of fused-ring (bicyclic) bond motifs is 1. The predicted octanol–water partition coefficient (Wildman–Crippen LogP) is 2.91. The molecule has 2 aromatic carbocycles. The van der Waals surface area contributed by atoms with Gasteiger partial charge in [0.1, 0.15) is 11.9 Å². The molecule has 2 fully saturated rings. The zero-order valence-electron chi connectivity index (χ0n) is 19.1. The Labute approximate surface area is 201 Å². The molecule has 1 spiro atoms. The summed E-state index contributed by atoms with van der Waals surface area (Å²) in [4.78, 5) is 53.2. The molecule has 0 aromatic heterocycles. The van der Waals surface area contributed by atoms with E-state index in [0.717, 1.165) is 29.5 Å². The van der Waals surface area contributed by atoms with Crippen molar-refractivity contribution in [2.45, 2.75) is 38.3 Å². The Hall–Kier alpha value is -3.81. The molecule has 178 valence electrons. The van der Waals surface area contributed by atoms with Crippen LogP contribution in [0.2, 0.25) is 0 Å². The largest absolute Gasteiger partial charge is 0.338 e. The van der Waals surface area contributed by atoms with Crippen molar-refractivity contribution >= 4 is 29.2 Å². The van der Waals surface area contributed by atoms with E-state index in [2.05, 4.69) is 11.4 Å². The van der Waals surface area contributed by atoms with Crippen LogP contribution in [0.1, 0.15) is 57.5 Å². The van der Waals surface area contributed by atoms with Gasteiger partial charge in [0.05, 0.1) is 0 Å².